The molecule has 2 aromatic carbocycles. The van der Waals surface area contributed by atoms with Gasteiger partial charge < -0.3 is 10.1 Å². The van der Waals surface area contributed by atoms with Gasteiger partial charge in [-0.25, -0.2) is 13.6 Å². The summed E-state index contributed by atoms with van der Waals surface area (Å²) in [7, 11) is -4.09. The van der Waals surface area contributed by atoms with Gasteiger partial charge in [0.15, 0.2) is 0 Å². The summed E-state index contributed by atoms with van der Waals surface area (Å²) in [6, 6.07) is 16.4. The van der Waals surface area contributed by atoms with Gasteiger partial charge in [-0.05, 0) is 39.6 Å². The Kier molecular flexibility index (Phi) is 6.63. The monoisotopic (exact) mass is 490 g/mol. The molecule has 32 heavy (non-hydrogen) atoms. The van der Waals surface area contributed by atoms with Gasteiger partial charge in [-0.1, -0.05) is 48.0 Å². The van der Waals surface area contributed by atoms with Gasteiger partial charge >= 0.3 is 0 Å². The first-order chi connectivity index (χ1) is 15.4. The van der Waals surface area contributed by atoms with Crippen molar-refractivity contribution in [3.63, 3.8) is 0 Å². The number of thiophene rings is 1. The van der Waals surface area contributed by atoms with E-state index < -0.39 is 15.7 Å². The predicted octanol–water partition coefficient (Wildman–Crippen LogP) is 4.86. The molecule has 0 unspecified atom stereocenters. The van der Waals surface area contributed by atoms with Gasteiger partial charge in [0.05, 0.1) is 11.6 Å². The molecule has 3 aromatic rings. The molecule has 12 heteroatoms. The van der Waals surface area contributed by atoms with E-state index in [1.54, 1.807) is 11.3 Å². The highest BCUT2D eigenvalue weighted by molar-refractivity contribution is 7.89. The van der Waals surface area contributed by atoms with E-state index >= 15 is 0 Å². The second kappa shape index (κ2) is 9.43. The number of hydrogen-bond acceptors (Lipinski definition) is 9. The third kappa shape index (κ3) is 5.03. The molecule has 2 heterocycles. The molecule has 0 saturated heterocycles. The van der Waals surface area contributed by atoms with Crippen LogP contribution in [0.15, 0.2) is 85.5 Å². The summed E-state index contributed by atoms with van der Waals surface area (Å²) < 4.78 is 30.1. The van der Waals surface area contributed by atoms with Crippen molar-refractivity contribution in [2.24, 2.45) is 25.8 Å². The van der Waals surface area contributed by atoms with Crippen LogP contribution in [-0.2, 0) is 33.6 Å². The molecule has 3 N–H and O–H groups in total. The van der Waals surface area contributed by atoms with Gasteiger partial charge in [-0.15, -0.1) is 21.6 Å². The van der Waals surface area contributed by atoms with E-state index in [1.165, 1.54) is 12.1 Å². The van der Waals surface area contributed by atoms with E-state index in [2.05, 4.69) is 26.0 Å². The summed E-state index contributed by atoms with van der Waals surface area (Å²) in [4.78, 5) is 0.835. The molecular formula is C20H19ClN6O3S2. The van der Waals surface area contributed by atoms with E-state index in [1.807, 2.05) is 47.8 Å². The maximum absolute atomic E-state index is 12.1. The first-order valence-corrected chi connectivity index (χ1v) is 12.3. The smallest absolute Gasteiger partial charge is 0.245 e. The maximum Gasteiger partial charge on any atom is 0.245 e. The van der Waals surface area contributed by atoms with Crippen LogP contribution in [0.3, 0.4) is 0 Å². The normalized spacial score (nSPS) is 14.7. The standard InChI is InChI=1S/C20H19ClN6O3S2/c21-17-10-18(23-11-15-7-4-8-31-15)16(9-19(17)32(22,28)29)20(24-26-27-25-20)13-30-12-14-5-2-1-3-6-14/h1-10,23H,11-13H2,(H2,22,28,29). The summed E-state index contributed by atoms with van der Waals surface area (Å²) in [5.74, 6) is 0. The van der Waals surface area contributed by atoms with Crippen molar-refractivity contribution in [1.82, 2.24) is 0 Å². The van der Waals surface area contributed by atoms with Crippen molar-refractivity contribution in [2.75, 3.05) is 11.9 Å². The van der Waals surface area contributed by atoms with Gasteiger partial charge in [0, 0.05) is 22.7 Å². The largest absolute Gasteiger partial charge is 0.380 e. The highest BCUT2D eigenvalue weighted by Crippen LogP contribution is 2.41. The quantitative estimate of drug-likeness (QED) is 0.443. The topological polar surface area (TPSA) is 131 Å². The lowest BCUT2D eigenvalue weighted by Gasteiger charge is -2.24. The average Bonchev–Trinajstić information content (AvgIpc) is 3.45. The minimum Gasteiger partial charge on any atom is -0.380 e. The van der Waals surface area contributed by atoms with Crippen molar-refractivity contribution < 1.29 is 13.2 Å². The molecule has 1 aliphatic rings. The summed E-state index contributed by atoms with van der Waals surface area (Å²) in [5, 5.41) is 26.3. The minimum absolute atomic E-state index is 0.0165. The molecule has 9 nitrogen and oxygen atoms in total. The minimum atomic E-state index is -4.09. The van der Waals surface area contributed by atoms with Crippen LogP contribution in [0.4, 0.5) is 5.69 Å². The molecule has 0 aliphatic carbocycles. The Morgan fingerprint density at radius 2 is 1.84 bits per heavy atom. The van der Waals surface area contributed by atoms with E-state index in [0.717, 1.165) is 10.4 Å². The SMILES string of the molecule is NS(=O)(=O)c1cc(C2(COCc3ccccc3)N=NN=N2)c(NCc2cccs2)cc1Cl. The van der Waals surface area contributed by atoms with Crippen molar-refractivity contribution in [3.8, 4) is 0 Å². The van der Waals surface area contributed by atoms with Gasteiger partial charge in [-0.3, -0.25) is 0 Å². The van der Waals surface area contributed by atoms with E-state index in [4.69, 9.17) is 21.5 Å². The second-order valence-corrected chi connectivity index (χ2v) is 9.95. The Morgan fingerprint density at radius 3 is 2.50 bits per heavy atom. The fourth-order valence-corrected chi connectivity index (χ4v) is 4.92. The lowest BCUT2D eigenvalue weighted by atomic mass is 9.99. The van der Waals surface area contributed by atoms with Crippen molar-refractivity contribution in [3.05, 3.63) is 81.0 Å². The molecule has 0 saturated carbocycles. The number of sulfonamides is 1. The highest BCUT2D eigenvalue weighted by Gasteiger charge is 2.40. The van der Waals surface area contributed by atoms with Crippen molar-refractivity contribution in [2.45, 2.75) is 23.7 Å². The number of hydrogen-bond donors (Lipinski definition) is 2. The summed E-state index contributed by atoms with van der Waals surface area (Å²) in [6.45, 7) is 0.778. The number of ether oxygens (including phenoxy) is 1. The molecule has 1 aliphatic heterocycles. The number of halogens is 1. The number of nitrogens with zero attached hydrogens (tertiary/aromatic N) is 4. The Labute approximate surface area is 194 Å². The Balaban J connectivity index is 1.69. The predicted molar refractivity (Wildman–Crippen MR) is 122 cm³/mol. The molecule has 0 radical (unpaired) electrons. The number of benzene rings is 2. The maximum atomic E-state index is 12.1. The molecular weight excluding hydrogens is 472 g/mol. The number of anilines is 1. The van der Waals surface area contributed by atoms with E-state index in [9.17, 15) is 8.42 Å². The molecule has 0 fully saturated rings. The highest BCUT2D eigenvalue weighted by atomic mass is 35.5. The molecule has 0 amide bonds. The van der Waals surface area contributed by atoms with Crippen LogP contribution < -0.4 is 10.5 Å². The Bertz CT molecular complexity index is 1240. The van der Waals surface area contributed by atoms with Crippen LogP contribution in [0.1, 0.15) is 16.0 Å². The third-order valence-corrected chi connectivity index (χ3v) is 6.97. The first kappa shape index (κ1) is 22.5. The Morgan fingerprint density at radius 1 is 1.09 bits per heavy atom. The zero-order valence-electron chi connectivity index (χ0n) is 16.7. The molecule has 0 spiro atoms. The number of nitrogens with two attached hydrogens (primary N) is 1. The zero-order valence-corrected chi connectivity index (χ0v) is 19.1. The number of primary sulfonamides is 1. The van der Waals surface area contributed by atoms with Crippen LogP contribution >= 0.6 is 22.9 Å². The van der Waals surface area contributed by atoms with E-state index in [0.29, 0.717) is 24.4 Å². The summed E-state index contributed by atoms with van der Waals surface area (Å²) >= 11 is 7.83. The first-order valence-electron chi connectivity index (χ1n) is 9.46. The van der Waals surface area contributed by atoms with Crippen molar-refractivity contribution >= 4 is 38.6 Å². The molecule has 0 bridgehead atoms. The fourth-order valence-electron chi connectivity index (χ4n) is 3.18. The van der Waals surface area contributed by atoms with E-state index in [-0.39, 0.29) is 16.5 Å². The second-order valence-electron chi connectivity index (χ2n) is 6.98. The molecule has 0 atom stereocenters. The van der Waals surface area contributed by atoms with Crippen LogP contribution in [0.2, 0.25) is 5.02 Å². The number of nitrogens with one attached hydrogen (secondary N) is 1. The van der Waals surface area contributed by atoms with Crippen LogP contribution in [-0.4, -0.2) is 15.0 Å². The lowest BCUT2D eigenvalue weighted by molar-refractivity contribution is 0.0749. The Hall–Kier alpha value is -2.70. The van der Waals surface area contributed by atoms with Crippen molar-refractivity contribution in [1.29, 1.82) is 0 Å². The van der Waals surface area contributed by atoms with Crippen LogP contribution in [0.25, 0.3) is 0 Å². The fraction of sp³-hybridized carbons (Fsp3) is 0.200. The summed E-state index contributed by atoms with van der Waals surface area (Å²) in [6.07, 6.45) is 0. The molecule has 1 aromatic heterocycles. The van der Waals surface area contributed by atoms with Gasteiger partial charge in [-0.2, -0.15) is 0 Å². The lowest BCUT2D eigenvalue weighted by Crippen LogP contribution is -2.28. The number of rotatable bonds is 9. The molecule has 4 rings (SSSR count). The van der Waals surface area contributed by atoms with Gasteiger partial charge in [0.25, 0.3) is 0 Å². The average molecular weight is 491 g/mol. The van der Waals surface area contributed by atoms with Crippen LogP contribution in [0, 0.1) is 0 Å². The third-order valence-electron chi connectivity index (χ3n) is 4.72. The van der Waals surface area contributed by atoms with Crippen LogP contribution in [0.5, 0.6) is 0 Å². The molecule has 166 valence electrons. The van der Waals surface area contributed by atoms with Gasteiger partial charge in [0.2, 0.25) is 15.7 Å². The zero-order chi connectivity index (χ0) is 22.6. The van der Waals surface area contributed by atoms with Gasteiger partial charge in [0.1, 0.15) is 11.5 Å². The summed E-state index contributed by atoms with van der Waals surface area (Å²) in [5.41, 5.74) is 0.503.